The van der Waals surface area contributed by atoms with Crippen LogP contribution in [0.1, 0.15) is 42.2 Å². The van der Waals surface area contributed by atoms with Crippen molar-refractivity contribution in [3.63, 3.8) is 0 Å². The molecule has 0 bridgehead atoms. The van der Waals surface area contributed by atoms with Crippen molar-refractivity contribution < 1.29 is 43.8 Å². The highest BCUT2D eigenvalue weighted by atomic mass is 16.7. The van der Waals surface area contributed by atoms with Gasteiger partial charge in [-0.2, -0.15) is 0 Å². The standard InChI is InChI=1S/C26H32O9/c1-3-16-6-7-17(13-18(16)11-15-5-8-19-20(12-15)33-10-9-32-19)25-24(29)23(28)22(27)21(35-25)14-34-26(30)31-4-2/h5-8,12-13,21-25,27-29H,3-4,9-11,14H2,1-2H3/t21-,22-,23+,24-,25+/m1/s1. The summed E-state index contributed by atoms with van der Waals surface area (Å²) < 4.78 is 27.0. The molecule has 2 aromatic rings. The zero-order chi connectivity index (χ0) is 24.9. The Morgan fingerprint density at radius 2 is 1.69 bits per heavy atom. The molecule has 2 aliphatic heterocycles. The Kier molecular flexibility index (Phi) is 8.12. The van der Waals surface area contributed by atoms with Crippen LogP contribution in [0.3, 0.4) is 0 Å². The highest BCUT2D eigenvalue weighted by Gasteiger charge is 2.44. The number of carbonyl (C=O) groups excluding carboxylic acids is 1. The lowest BCUT2D eigenvalue weighted by Gasteiger charge is -2.40. The summed E-state index contributed by atoms with van der Waals surface area (Å²) in [6.07, 6.45) is -5.68. The van der Waals surface area contributed by atoms with Crippen LogP contribution < -0.4 is 9.47 Å². The van der Waals surface area contributed by atoms with Crippen LogP contribution in [0, 0.1) is 0 Å². The van der Waals surface area contributed by atoms with Gasteiger partial charge in [0.1, 0.15) is 50.3 Å². The van der Waals surface area contributed by atoms with E-state index in [0.29, 0.717) is 25.2 Å². The number of rotatable bonds is 7. The second kappa shape index (κ2) is 11.3. The molecule has 0 spiro atoms. The number of ether oxygens (including phenoxy) is 5. The molecular formula is C26H32O9. The van der Waals surface area contributed by atoms with Crippen molar-refractivity contribution in [2.24, 2.45) is 0 Å². The summed E-state index contributed by atoms with van der Waals surface area (Å²) >= 11 is 0. The van der Waals surface area contributed by atoms with Gasteiger partial charge in [0.05, 0.1) is 6.61 Å². The van der Waals surface area contributed by atoms with Crippen molar-refractivity contribution in [2.75, 3.05) is 26.4 Å². The van der Waals surface area contributed by atoms with Crippen LogP contribution in [0.25, 0.3) is 0 Å². The van der Waals surface area contributed by atoms with Crippen molar-refractivity contribution in [3.05, 3.63) is 58.7 Å². The fraction of sp³-hybridized carbons (Fsp3) is 0.500. The fourth-order valence-corrected chi connectivity index (χ4v) is 4.42. The normalized spacial score (nSPS) is 25.7. The van der Waals surface area contributed by atoms with Crippen LogP contribution in [0.5, 0.6) is 11.5 Å². The molecule has 0 aliphatic carbocycles. The van der Waals surface area contributed by atoms with Gasteiger partial charge in [0.2, 0.25) is 0 Å². The van der Waals surface area contributed by atoms with Crippen LogP contribution >= 0.6 is 0 Å². The molecule has 9 heteroatoms. The van der Waals surface area contributed by atoms with Crippen LogP contribution in [0.4, 0.5) is 4.79 Å². The third-order valence-electron chi connectivity index (χ3n) is 6.28. The van der Waals surface area contributed by atoms with Crippen molar-refractivity contribution in [3.8, 4) is 11.5 Å². The van der Waals surface area contributed by atoms with E-state index in [-0.39, 0.29) is 13.2 Å². The number of fused-ring (bicyclic) bond motifs is 1. The van der Waals surface area contributed by atoms with Crippen molar-refractivity contribution in [2.45, 2.75) is 57.2 Å². The van der Waals surface area contributed by atoms with Gasteiger partial charge in [-0.05, 0) is 54.2 Å². The molecule has 35 heavy (non-hydrogen) atoms. The Morgan fingerprint density at radius 3 is 2.43 bits per heavy atom. The van der Waals surface area contributed by atoms with Crippen LogP contribution in [-0.4, -0.2) is 72.3 Å². The van der Waals surface area contributed by atoms with E-state index in [2.05, 4.69) is 6.92 Å². The highest BCUT2D eigenvalue weighted by Crippen LogP contribution is 2.35. The van der Waals surface area contributed by atoms with Gasteiger partial charge in [-0.15, -0.1) is 0 Å². The minimum absolute atomic E-state index is 0.146. The second-order valence-corrected chi connectivity index (χ2v) is 8.60. The summed E-state index contributed by atoms with van der Waals surface area (Å²) in [7, 11) is 0. The molecule has 2 aliphatic rings. The maximum absolute atomic E-state index is 11.6. The predicted molar refractivity (Wildman–Crippen MR) is 125 cm³/mol. The maximum atomic E-state index is 11.6. The number of aliphatic hydroxyl groups excluding tert-OH is 3. The lowest BCUT2D eigenvalue weighted by molar-refractivity contribution is -0.232. The SMILES string of the molecule is CCOC(=O)OC[C@H]1O[C@@H](c2ccc(CC)c(Cc3ccc4c(c3)OCCO4)c2)[C@H](O)[C@@H](O)[C@@H]1O. The average molecular weight is 489 g/mol. The lowest BCUT2D eigenvalue weighted by atomic mass is 9.88. The van der Waals surface area contributed by atoms with E-state index in [1.807, 2.05) is 36.4 Å². The highest BCUT2D eigenvalue weighted by molar-refractivity contribution is 5.59. The lowest BCUT2D eigenvalue weighted by Crippen LogP contribution is -2.55. The summed E-state index contributed by atoms with van der Waals surface area (Å²) in [6, 6.07) is 11.6. The van der Waals surface area contributed by atoms with Crippen molar-refractivity contribution in [1.82, 2.24) is 0 Å². The number of carbonyl (C=O) groups is 1. The molecule has 0 amide bonds. The summed E-state index contributed by atoms with van der Waals surface area (Å²) in [6.45, 7) is 4.58. The summed E-state index contributed by atoms with van der Waals surface area (Å²) in [5, 5.41) is 31.5. The Labute approximate surface area is 204 Å². The molecule has 4 rings (SSSR count). The van der Waals surface area contributed by atoms with Crippen LogP contribution in [0.15, 0.2) is 36.4 Å². The van der Waals surface area contributed by atoms with Crippen LogP contribution in [0.2, 0.25) is 0 Å². The summed E-state index contributed by atoms with van der Waals surface area (Å²) in [5.41, 5.74) is 3.87. The topological polar surface area (TPSA) is 124 Å². The molecule has 0 unspecified atom stereocenters. The molecular weight excluding hydrogens is 456 g/mol. The van der Waals surface area contributed by atoms with E-state index in [1.54, 1.807) is 6.92 Å². The molecule has 0 aromatic heterocycles. The number of benzene rings is 2. The van der Waals surface area contributed by atoms with E-state index in [4.69, 9.17) is 23.7 Å². The second-order valence-electron chi connectivity index (χ2n) is 8.60. The molecule has 2 heterocycles. The largest absolute Gasteiger partial charge is 0.508 e. The zero-order valence-corrected chi connectivity index (χ0v) is 19.9. The quantitative estimate of drug-likeness (QED) is 0.504. The van der Waals surface area contributed by atoms with Gasteiger partial charge in [0, 0.05) is 0 Å². The van der Waals surface area contributed by atoms with Gasteiger partial charge in [-0.25, -0.2) is 4.79 Å². The van der Waals surface area contributed by atoms with Gasteiger partial charge in [-0.3, -0.25) is 0 Å². The Bertz CT molecular complexity index is 1020. The minimum Gasteiger partial charge on any atom is -0.486 e. The monoisotopic (exact) mass is 488 g/mol. The average Bonchev–Trinajstić information content (AvgIpc) is 2.87. The molecule has 5 atom stereocenters. The first-order chi connectivity index (χ1) is 16.9. The maximum Gasteiger partial charge on any atom is 0.508 e. The molecule has 1 saturated heterocycles. The van der Waals surface area contributed by atoms with E-state index in [1.165, 1.54) is 0 Å². The molecule has 3 N–H and O–H groups in total. The third kappa shape index (κ3) is 5.70. The number of hydrogen-bond acceptors (Lipinski definition) is 9. The number of aryl methyl sites for hydroxylation is 1. The van der Waals surface area contributed by atoms with Gasteiger partial charge in [0.15, 0.2) is 11.5 Å². The first-order valence-corrected chi connectivity index (χ1v) is 11.9. The zero-order valence-electron chi connectivity index (χ0n) is 19.9. The minimum atomic E-state index is -1.48. The number of aliphatic hydroxyl groups is 3. The van der Waals surface area contributed by atoms with Crippen LogP contribution in [-0.2, 0) is 27.1 Å². The van der Waals surface area contributed by atoms with Crippen molar-refractivity contribution in [1.29, 1.82) is 0 Å². The van der Waals surface area contributed by atoms with E-state index in [0.717, 1.165) is 34.6 Å². The Morgan fingerprint density at radius 1 is 0.914 bits per heavy atom. The molecule has 9 nitrogen and oxygen atoms in total. The van der Waals surface area contributed by atoms with E-state index < -0.39 is 36.7 Å². The first kappa shape index (κ1) is 25.2. The molecule has 1 fully saturated rings. The van der Waals surface area contributed by atoms with Gasteiger partial charge >= 0.3 is 6.16 Å². The Hall–Kier alpha value is -2.85. The summed E-state index contributed by atoms with van der Waals surface area (Å²) in [5.74, 6) is 1.45. The molecule has 0 radical (unpaired) electrons. The predicted octanol–water partition coefficient (Wildman–Crippen LogP) is 2.31. The number of hydrogen-bond donors (Lipinski definition) is 3. The molecule has 190 valence electrons. The summed E-state index contributed by atoms with van der Waals surface area (Å²) in [4.78, 5) is 11.6. The van der Waals surface area contributed by atoms with E-state index in [9.17, 15) is 20.1 Å². The fourth-order valence-electron chi connectivity index (χ4n) is 4.42. The molecule has 2 aromatic carbocycles. The first-order valence-electron chi connectivity index (χ1n) is 11.9. The smallest absolute Gasteiger partial charge is 0.486 e. The van der Waals surface area contributed by atoms with Gasteiger partial charge < -0.3 is 39.0 Å². The van der Waals surface area contributed by atoms with Gasteiger partial charge in [0.25, 0.3) is 0 Å². The third-order valence-corrected chi connectivity index (χ3v) is 6.28. The Balaban J connectivity index is 1.55. The van der Waals surface area contributed by atoms with Crippen molar-refractivity contribution >= 4 is 6.16 Å². The molecule has 0 saturated carbocycles. The van der Waals surface area contributed by atoms with E-state index >= 15 is 0 Å². The van der Waals surface area contributed by atoms with Gasteiger partial charge in [-0.1, -0.05) is 31.2 Å².